The van der Waals surface area contributed by atoms with Crippen LogP contribution < -0.4 is 21.8 Å². The van der Waals surface area contributed by atoms with Gasteiger partial charge >= 0.3 is 0 Å². The number of ether oxygens (including phenoxy) is 1. The Bertz CT molecular complexity index is 1370. The number of nitrogens with zero attached hydrogens (tertiary/aromatic N) is 1. The van der Waals surface area contributed by atoms with Gasteiger partial charge in [-0.3, -0.25) is 15.6 Å². The van der Waals surface area contributed by atoms with Gasteiger partial charge in [0.2, 0.25) is 0 Å². The third-order valence-electron chi connectivity index (χ3n) is 5.21. The highest BCUT2D eigenvalue weighted by Crippen LogP contribution is 2.22. The van der Waals surface area contributed by atoms with E-state index >= 15 is 0 Å². The fourth-order valence-corrected chi connectivity index (χ4v) is 3.50. The summed E-state index contributed by atoms with van der Waals surface area (Å²) in [7, 11) is 0. The number of amidine groups is 2. The zero-order chi connectivity index (χ0) is 22.7. The maximum Gasteiger partial charge on any atom is 0.251 e. The van der Waals surface area contributed by atoms with E-state index in [1.165, 1.54) is 0 Å². The summed E-state index contributed by atoms with van der Waals surface area (Å²) in [6.07, 6.45) is 0. The lowest BCUT2D eigenvalue weighted by Gasteiger charge is -2.13. The molecule has 0 aliphatic carbocycles. The van der Waals surface area contributed by atoms with Crippen molar-refractivity contribution in [2.24, 2.45) is 11.5 Å². The number of pyridine rings is 1. The highest BCUT2D eigenvalue weighted by Gasteiger charge is 2.07. The minimum Gasteiger partial charge on any atom is -0.489 e. The molecule has 0 aliphatic heterocycles. The molecular formula is C25H23N5O2. The number of hydrogen-bond acceptors (Lipinski definition) is 4. The number of rotatable bonds is 7. The Kier molecular flexibility index (Phi) is 5.72. The molecule has 0 saturated heterocycles. The molecule has 0 saturated carbocycles. The third-order valence-corrected chi connectivity index (χ3v) is 5.21. The van der Waals surface area contributed by atoms with Crippen molar-refractivity contribution in [2.45, 2.75) is 13.2 Å². The molecule has 1 aromatic heterocycles. The maximum absolute atomic E-state index is 12.5. The summed E-state index contributed by atoms with van der Waals surface area (Å²) in [5.74, 6) is 0.715. The second kappa shape index (κ2) is 8.77. The molecule has 6 N–H and O–H groups in total. The van der Waals surface area contributed by atoms with Gasteiger partial charge in [-0.25, -0.2) is 0 Å². The Hall–Kier alpha value is -4.39. The minimum atomic E-state index is -0.0946. The topological polar surface area (TPSA) is 131 Å². The van der Waals surface area contributed by atoms with Gasteiger partial charge in [-0.05, 0) is 41.5 Å². The highest BCUT2D eigenvalue weighted by atomic mass is 16.5. The van der Waals surface area contributed by atoms with Crippen LogP contribution in [-0.2, 0) is 13.2 Å². The fraction of sp³-hybridized carbons (Fsp3) is 0.0800. The van der Waals surface area contributed by atoms with Crippen molar-refractivity contribution in [1.82, 2.24) is 4.57 Å². The predicted molar refractivity (Wildman–Crippen MR) is 127 cm³/mol. The molecule has 160 valence electrons. The van der Waals surface area contributed by atoms with Crippen LogP contribution in [0.25, 0.3) is 10.9 Å². The van der Waals surface area contributed by atoms with Crippen LogP contribution in [0, 0.1) is 10.8 Å². The quantitative estimate of drug-likeness (QED) is 0.267. The first-order chi connectivity index (χ1) is 15.4. The van der Waals surface area contributed by atoms with Crippen LogP contribution in [0.4, 0.5) is 0 Å². The number of fused-ring (bicyclic) bond motifs is 1. The average molecular weight is 425 g/mol. The summed E-state index contributed by atoms with van der Waals surface area (Å²) in [6, 6.07) is 23.6. The van der Waals surface area contributed by atoms with E-state index in [2.05, 4.69) is 0 Å². The van der Waals surface area contributed by atoms with Gasteiger partial charge in [0, 0.05) is 22.6 Å². The first-order valence-corrected chi connectivity index (χ1v) is 10.0. The fourth-order valence-electron chi connectivity index (χ4n) is 3.50. The lowest BCUT2D eigenvalue weighted by atomic mass is 10.1. The van der Waals surface area contributed by atoms with Gasteiger partial charge < -0.3 is 20.8 Å². The van der Waals surface area contributed by atoms with Crippen LogP contribution in [0.3, 0.4) is 0 Å². The number of nitrogens with one attached hydrogen (secondary N) is 2. The first kappa shape index (κ1) is 20.9. The zero-order valence-electron chi connectivity index (χ0n) is 17.3. The Morgan fingerprint density at radius 3 is 2.28 bits per heavy atom. The van der Waals surface area contributed by atoms with E-state index < -0.39 is 0 Å². The lowest BCUT2D eigenvalue weighted by molar-refractivity contribution is 0.306. The summed E-state index contributed by atoms with van der Waals surface area (Å²) in [6.45, 7) is 0.751. The Morgan fingerprint density at radius 1 is 0.812 bits per heavy atom. The smallest absolute Gasteiger partial charge is 0.251 e. The first-order valence-electron chi connectivity index (χ1n) is 10.0. The van der Waals surface area contributed by atoms with Crippen molar-refractivity contribution >= 4 is 22.6 Å². The van der Waals surface area contributed by atoms with E-state index in [1.807, 2.05) is 48.5 Å². The van der Waals surface area contributed by atoms with Crippen molar-refractivity contribution in [1.29, 1.82) is 10.8 Å². The number of nitrogen functional groups attached to an aromatic ring is 2. The van der Waals surface area contributed by atoms with Crippen molar-refractivity contribution in [3.63, 3.8) is 0 Å². The SMILES string of the molecule is N=C(N)c1ccc(Cn2c(=O)ccc3cc(OCc4cccc(C(=N)N)c4)ccc32)cc1. The van der Waals surface area contributed by atoms with E-state index in [9.17, 15) is 4.79 Å². The Balaban J connectivity index is 1.57. The summed E-state index contributed by atoms with van der Waals surface area (Å²) in [5.41, 5.74) is 14.9. The summed E-state index contributed by atoms with van der Waals surface area (Å²) >= 11 is 0. The monoisotopic (exact) mass is 425 g/mol. The highest BCUT2D eigenvalue weighted by molar-refractivity contribution is 5.95. The summed E-state index contributed by atoms with van der Waals surface area (Å²) in [5, 5.41) is 16.0. The zero-order valence-corrected chi connectivity index (χ0v) is 17.3. The molecule has 7 heteroatoms. The van der Waals surface area contributed by atoms with Gasteiger partial charge in [-0.2, -0.15) is 0 Å². The van der Waals surface area contributed by atoms with Gasteiger partial charge in [-0.15, -0.1) is 0 Å². The second-order valence-electron chi connectivity index (χ2n) is 7.49. The molecule has 32 heavy (non-hydrogen) atoms. The van der Waals surface area contributed by atoms with Crippen LogP contribution >= 0.6 is 0 Å². The molecule has 0 fully saturated rings. The van der Waals surface area contributed by atoms with Gasteiger partial charge in [0.1, 0.15) is 24.0 Å². The molecule has 0 radical (unpaired) electrons. The Labute approximate surface area is 184 Å². The molecule has 0 spiro atoms. The largest absolute Gasteiger partial charge is 0.489 e. The van der Waals surface area contributed by atoms with E-state index in [0.29, 0.717) is 30.0 Å². The number of nitrogens with two attached hydrogens (primary N) is 2. The van der Waals surface area contributed by atoms with Crippen LogP contribution in [0.1, 0.15) is 22.3 Å². The van der Waals surface area contributed by atoms with Gasteiger partial charge in [0.25, 0.3) is 5.56 Å². The molecule has 0 aliphatic rings. The standard InChI is InChI=1S/C25H23N5O2/c26-24(27)18-6-4-16(5-7-18)14-30-22-10-9-21(13-19(22)8-11-23(30)31)32-15-17-2-1-3-20(12-17)25(28)29/h1-13H,14-15H2,(H3,26,27)(H3,28,29). The van der Waals surface area contributed by atoms with E-state index in [4.69, 9.17) is 27.0 Å². The van der Waals surface area contributed by atoms with E-state index in [-0.39, 0.29) is 17.2 Å². The van der Waals surface area contributed by atoms with Crippen LogP contribution in [0.2, 0.25) is 0 Å². The van der Waals surface area contributed by atoms with E-state index in [1.54, 1.807) is 34.9 Å². The molecule has 4 rings (SSSR count). The molecule has 3 aromatic carbocycles. The summed E-state index contributed by atoms with van der Waals surface area (Å²) in [4.78, 5) is 12.5. The molecule has 1 heterocycles. The summed E-state index contributed by atoms with van der Waals surface area (Å²) < 4.78 is 7.63. The molecule has 4 aromatic rings. The second-order valence-corrected chi connectivity index (χ2v) is 7.49. The lowest BCUT2D eigenvalue weighted by Crippen LogP contribution is -2.20. The molecular weight excluding hydrogens is 402 g/mol. The van der Waals surface area contributed by atoms with Crippen LogP contribution in [0.5, 0.6) is 5.75 Å². The number of hydrogen-bond donors (Lipinski definition) is 4. The predicted octanol–water partition coefficient (Wildman–Crippen LogP) is 3.20. The number of aromatic nitrogens is 1. The number of benzene rings is 3. The normalized spacial score (nSPS) is 10.8. The molecule has 0 amide bonds. The van der Waals surface area contributed by atoms with Crippen molar-refractivity contribution in [2.75, 3.05) is 0 Å². The minimum absolute atomic E-state index is 0.0134. The van der Waals surface area contributed by atoms with Gasteiger partial charge in [0.05, 0.1) is 12.1 Å². The van der Waals surface area contributed by atoms with E-state index in [0.717, 1.165) is 22.0 Å². The maximum atomic E-state index is 12.5. The van der Waals surface area contributed by atoms with Crippen LogP contribution in [0.15, 0.2) is 83.7 Å². The van der Waals surface area contributed by atoms with Crippen molar-refractivity contribution in [3.05, 3.63) is 111 Å². The van der Waals surface area contributed by atoms with Crippen molar-refractivity contribution < 1.29 is 4.74 Å². The molecule has 0 bridgehead atoms. The average Bonchev–Trinajstić information content (AvgIpc) is 2.80. The van der Waals surface area contributed by atoms with Gasteiger partial charge in [0.15, 0.2) is 0 Å². The van der Waals surface area contributed by atoms with Crippen molar-refractivity contribution in [3.8, 4) is 5.75 Å². The Morgan fingerprint density at radius 2 is 1.56 bits per heavy atom. The molecule has 7 nitrogen and oxygen atoms in total. The van der Waals surface area contributed by atoms with Gasteiger partial charge in [-0.1, -0.05) is 42.5 Å². The molecule has 0 unspecified atom stereocenters. The molecule has 0 atom stereocenters. The third kappa shape index (κ3) is 4.52. The van der Waals surface area contributed by atoms with Crippen LogP contribution in [-0.4, -0.2) is 16.2 Å².